The molecule has 0 aliphatic carbocycles. The molecule has 1 aliphatic heterocycles. The lowest BCUT2D eigenvalue weighted by Gasteiger charge is -2.27. The van der Waals surface area contributed by atoms with Crippen molar-refractivity contribution in [1.29, 1.82) is 5.26 Å². The second-order valence-electron chi connectivity index (χ2n) is 7.74. The minimum absolute atomic E-state index is 0.131. The van der Waals surface area contributed by atoms with E-state index in [0.29, 0.717) is 33.7 Å². The molecule has 5 rings (SSSR count). The van der Waals surface area contributed by atoms with Crippen molar-refractivity contribution in [2.75, 3.05) is 0 Å². The van der Waals surface area contributed by atoms with Gasteiger partial charge in [0, 0.05) is 10.9 Å². The molecule has 1 heterocycles. The Hall–Kier alpha value is -3.65. The van der Waals surface area contributed by atoms with Gasteiger partial charge in [-0.05, 0) is 40.8 Å². The minimum atomic E-state index is -0.326. The second-order valence-corrected chi connectivity index (χ2v) is 8.55. The third-order valence-corrected chi connectivity index (χ3v) is 6.45. The molecule has 0 unspecified atom stereocenters. The van der Waals surface area contributed by atoms with Crippen molar-refractivity contribution in [3.63, 3.8) is 0 Å². The smallest absolute Gasteiger partial charge is 0.205 e. The fourth-order valence-corrected chi connectivity index (χ4v) is 4.40. The minimum Gasteiger partial charge on any atom is -0.489 e. The van der Waals surface area contributed by atoms with Gasteiger partial charge in [-0.1, -0.05) is 77.8 Å². The average Bonchev–Trinajstić information content (AvgIpc) is 2.84. The lowest BCUT2D eigenvalue weighted by molar-refractivity contribution is 0.306. The SMILES string of the molecule is N#CC1=C(N)Oc2c(ccc3ccccc23)[C@@H]1c1ccc(OCc2ccc(Cl)c(Cl)c2)cc1. The molecule has 0 saturated carbocycles. The number of fused-ring (bicyclic) bond motifs is 3. The largest absolute Gasteiger partial charge is 0.489 e. The topological polar surface area (TPSA) is 68.3 Å². The predicted molar refractivity (Wildman–Crippen MR) is 130 cm³/mol. The van der Waals surface area contributed by atoms with Crippen LogP contribution in [0.25, 0.3) is 10.8 Å². The summed E-state index contributed by atoms with van der Waals surface area (Å²) >= 11 is 12.1. The molecule has 33 heavy (non-hydrogen) atoms. The van der Waals surface area contributed by atoms with Crippen LogP contribution in [0.1, 0.15) is 22.6 Å². The van der Waals surface area contributed by atoms with Crippen LogP contribution in [0.5, 0.6) is 11.5 Å². The summed E-state index contributed by atoms with van der Waals surface area (Å²) in [6, 6.07) is 27.3. The number of allylic oxidation sites excluding steroid dienone is 1. The van der Waals surface area contributed by atoms with Crippen molar-refractivity contribution in [3.05, 3.63) is 117 Å². The van der Waals surface area contributed by atoms with E-state index in [2.05, 4.69) is 6.07 Å². The molecule has 1 aliphatic rings. The first-order chi connectivity index (χ1) is 16.0. The number of ether oxygens (including phenoxy) is 2. The van der Waals surface area contributed by atoms with E-state index in [1.54, 1.807) is 12.1 Å². The first-order valence-corrected chi connectivity index (χ1v) is 11.1. The van der Waals surface area contributed by atoms with Crippen molar-refractivity contribution >= 4 is 34.0 Å². The number of nitrogens with zero attached hydrogens (tertiary/aromatic N) is 1. The van der Waals surface area contributed by atoms with E-state index in [-0.39, 0.29) is 11.8 Å². The van der Waals surface area contributed by atoms with Crippen molar-refractivity contribution in [1.82, 2.24) is 0 Å². The first kappa shape index (κ1) is 21.2. The molecule has 0 bridgehead atoms. The molecule has 0 aromatic heterocycles. The maximum atomic E-state index is 9.83. The number of halogens is 2. The van der Waals surface area contributed by atoms with Gasteiger partial charge in [0.05, 0.1) is 16.0 Å². The third-order valence-electron chi connectivity index (χ3n) is 5.71. The van der Waals surface area contributed by atoms with Crippen LogP contribution in [-0.4, -0.2) is 0 Å². The Kier molecular flexibility index (Phi) is 5.60. The summed E-state index contributed by atoms with van der Waals surface area (Å²) in [5, 5.41) is 12.8. The number of hydrogen-bond donors (Lipinski definition) is 1. The molecule has 162 valence electrons. The van der Waals surface area contributed by atoms with Crippen LogP contribution < -0.4 is 15.2 Å². The molecule has 6 heteroatoms. The maximum absolute atomic E-state index is 9.83. The van der Waals surface area contributed by atoms with Crippen LogP contribution in [-0.2, 0) is 6.61 Å². The zero-order valence-electron chi connectivity index (χ0n) is 17.4. The fourth-order valence-electron chi connectivity index (χ4n) is 4.08. The summed E-state index contributed by atoms with van der Waals surface area (Å²) in [4.78, 5) is 0. The number of rotatable bonds is 4. The Morgan fingerprint density at radius 1 is 0.939 bits per heavy atom. The standard InChI is InChI=1S/C27H18Cl2N2O2/c28-23-12-5-16(13-24(23)29)15-32-19-9-6-18(7-10-19)25-21-11-8-17-3-1-2-4-20(17)26(21)33-27(31)22(25)14-30/h1-13,25H,15,31H2/t25-/m0/s1. The number of nitrogens with two attached hydrogens (primary N) is 1. The number of hydrogen-bond acceptors (Lipinski definition) is 4. The molecule has 4 nitrogen and oxygen atoms in total. The Morgan fingerprint density at radius 2 is 1.73 bits per heavy atom. The van der Waals surface area contributed by atoms with E-state index in [9.17, 15) is 5.26 Å². The van der Waals surface area contributed by atoms with E-state index < -0.39 is 0 Å². The highest BCUT2D eigenvalue weighted by Gasteiger charge is 2.31. The molecule has 1 atom stereocenters. The molecule has 2 N–H and O–H groups in total. The average molecular weight is 473 g/mol. The van der Waals surface area contributed by atoms with Gasteiger partial charge in [-0.25, -0.2) is 0 Å². The van der Waals surface area contributed by atoms with Gasteiger partial charge < -0.3 is 15.2 Å². The lowest BCUT2D eigenvalue weighted by atomic mass is 9.82. The van der Waals surface area contributed by atoms with Gasteiger partial charge >= 0.3 is 0 Å². The van der Waals surface area contributed by atoms with Crippen LogP contribution in [0.2, 0.25) is 10.0 Å². The van der Waals surface area contributed by atoms with Crippen molar-refractivity contribution in [2.45, 2.75) is 12.5 Å². The van der Waals surface area contributed by atoms with E-state index in [1.165, 1.54) is 0 Å². The van der Waals surface area contributed by atoms with E-state index in [0.717, 1.165) is 27.5 Å². The Bertz CT molecular complexity index is 1440. The highest BCUT2D eigenvalue weighted by atomic mass is 35.5. The predicted octanol–water partition coefficient (Wildman–Crippen LogP) is 6.94. The second kappa shape index (κ2) is 8.71. The molecule has 0 radical (unpaired) electrons. The highest BCUT2D eigenvalue weighted by molar-refractivity contribution is 6.42. The number of nitriles is 1. The molecule has 4 aromatic rings. The monoisotopic (exact) mass is 472 g/mol. The highest BCUT2D eigenvalue weighted by Crippen LogP contribution is 2.45. The summed E-state index contributed by atoms with van der Waals surface area (Å²) in [6.45, 7) is 0.360. The van der Waals surface area contributed by atoms with Gasteiger partial charge in [0.25, 0.3) is 0 Å². The van der Waals surface area contributed by atoms with Crippen molar-refractivity contribution < 1.29 is 9.47 Å². The number of benzene rings is 4. The molecule has 0 fully saturated rings. The molecule has 0 amide bonds. The van der Waals surface area contributed by atoms with Crippen molar-refractivity contribution in [3.8, 4) is 17.6 Å². The molecular weight excluding hydrogens is 455 g/mol. The molecule has 0 saturated heterocycles. The molecule has 0 spiro atoms. The van der Waals surface area contributed by atoms with Gasteiger partial charge in [-0.3, -0.25) is 0 Å². The summed E-state index contributed by atoms with van der Waals surface area (Å²) in [7, 11) is 0. The van der Waals surface area contributed by atoms with Crippen LogP contribution in [0.4, 0.5) is 0 Å². The Balaban J connectivity index is 1.46. The zero-order valence-corrected chi connectivity index (χ0v) is 18.9. The first-order valence-electron chi connectivity index (χ1n) is 10.3. The molecule has 4 aromatic carbocycles. The van der Waals surface area contributed by atoms with E-state index in [1.807, 2.05) is 66.7 Å². The van der Waals surface area contributed by atoms with Gasteiger partial charge in [0.1, 0.15) is 29.7 Å². The van der Waals surface area contributed by atoms with Gasteiger partial charge in [-0.15, -0.1) is 0 Å². The van der Waals surface area contributed by atoms with Gasteiger partial charge in [-0.2, -0.15) is 5.26 Å². The quantitative estimate of drug-likeness (QED) is 0.349. The van der Waals surface area contributed by atoms with Crippen LogP contribution in [0.15, 0.2) is 90.3 Å². The fraction of sp³-hybridized carbons (Fsp3) is 0.0741. The zero-order chi connectivity index (χ0) is 22.9. The Morgan fingerprint density at radius 3 is 2.48 bits per heavy atom. The summed E-state index contributed by atoms with van der Waals surface area (Å²) in [5.74, 6) is 1.19. The summed E-state index contributed by atoms with van der Waals surface area (Å²) in [6.07, 6.45) is 0. The van der Waals surface area contributed by atoms with Gasteiger partial charge in [0.2, 0.25) is 5.88 Å². The van der Waals surface area contributed by atoms with Gasteiger partial charge in [0.15, 0.2) is 0 Å². The summed E-state index contributed by atoms with van der Waals surface area (Å²) < 4.78 is 11.8. The third kappa shape index (κ3) is 3.98. The van der Waals surface area contributed by atoms with Crippen LogP contribution >= 0.6 is 23.2 Å². The van der Waals surface area contributed by atoms with E-state index in [4.69, 9.17) is 38.4 Å². The molecular formula is C27H18Cl2N2O2. The van der Waals surface area contributed by atoms with Crippen LogP contribution in [0.3, 0.4) is 0 Å². The van der Waals surface area contributed by atoms with Crippen molar-refractivity contribution in [2.24, 2.45) is 5.73 Å². The maximum Gasteiger partial charge on any atom is 0.205 e. The normalized spacial score (nSPS) is 15.0. The summed E-state index contributed by atoms with van der Waals surface area (Å²) in [5.41, 5.74) is 9.32. The lowest BCUT2D eigenvalue weighted by Crippen LogP contribution is -2.21. The Labute approximate surface area is 201 Å². The van der Waals surface area contributed by atoms with Crippen LogP contribution in [0, 0.1) is 11.3 Å². The van der Waals surface area contributed by atoms with E-state index >= 15 is 0 Å².